The van der Waals surface area contributed by atoms with Crippen molar-refractivity contribution in [3.63, 3.8) is 0 Å². The fraction of sp³-hybridized carbons (Fsp3) is 0.923. The molecule has 5 nitrogen and oxygen atoms in total. The zero-order valence-electron chi connectivity index (χ0n) is 20.3. The standard InChI is InChI=1S/C26H45N3O2/c1-5-31-16-26-13-10-17(2)14-19(26)6-7-20-21-8-9-23(24(30)15-29(28)18(3)27)25(21,4)12-11-22(20)26/h17,19-23,27H,5-16,28H2,1-4H3. The number of ether oxygens (including phenoxy) is 1. The van der Waals surface area contributed by atoms with E-state index in [4.69, 9.17) is 16.0 Å². The van der Waals surface area contributed by atoms with Crippen LogP contribution in [0, 0.1) is 51.7 Å². The van der Waals surface area contributed by atoms with Crippen LogP contribution in [0.3, 0.4) is 0 Å². The van der Waals surface area contributed by atoms with Gasteiger partial charge in [0.15, 0.2) is 5.78 Å². The first-order valence-corrected chi connectivity index (χ1v) is 12.9. The van der Waals surface area contributed by atoms with Gasteiger partial charge in [0.25, 0.3) is 0 Å². The van der Waals surface area contributed by atoms with Crippen LogP contribution < -0.4 is 5.84 Å². The molecule has 0 amide bonds. The van der Waals surface area contributed by atoms with Gasteiger partial charge in [-0.05, 0) is 106 Å². The molecular weight excluding hydrogens is 386 g/mol. The van der Waals surface area contributed by atoms with Gasteiger partial charge in [-0.1, -0.05) is 20.3 Å². The molecule has 0 bridgehead atoms. The van der Waals surface area contributed by atoms with Crippen molar-refractivity contribution < 1.29 is 9.53 Å². The minimum absolute atomic E-state index is 0.107. The van der Waals surface area contributed by atoms with Gasteiger partial charge in [0, 0.05) is 12.5 Å². The summed E-state index contributed by atoms with van der Waals surface area (Å²) in [4.78, 5) is 13.2. The molecule has 0 aromatic carbocycles. The van der Waals surface area contributed by atoms with Crippen LogP contribution in [0.5, 0.6) is 0 Å². The van der Waals surface area contributed by atoms with Crippen molar-refractivity contribution in [2.75, 3.05) is 19.8 Å². The lowest BCUT2D eigenvalue weighted by atomic mass is 9.44. The molecule has 0 aromatic rings. The van der Waals surface area contributed by atoms with Gasteiger partial charge in [0.2, 0.25) is 0 Å². The molecule has 4 aliphatic rings. The molecule has 4 fully saturated rings. The number of hydrazine groups is 1. The van der Waals surface area contributed by atoms with E-state index >= 15 is 0 Å². The van der Waals surface area contributed by atoms with E-state index in [-0.39, 0.29) is 29.5 Å². The first-order chi connectivity index (χ1) is 14.7. The van der Waals surface area contributed by atoms with E-state index < -0.39 is 0 Å². The zero-order valence-corrected chi connectivity index (χ0v) is 20.3. The maximum atomic E-state index is 13.2. The van der Waals surface area contributed by atoms with E-state index in [0.29, 0.717) is 11.3 Å². The Morgan fingerprint density at radius 1 is 1.13 bits per heavy atom. The Kier molecular flexibility index (Phi) is 6.58. The number of hydrogen-bond acceptors (Lipinski definition) is 4. The van der Waals surface area contributed by atoms with Gasteiger partial charge in [-0.2, -0.15) is 0 Å². The number of amidine groups is 1. The van der Waals surface area contributed by atoms with Crippen LogP contribution >= 0.6 is 0 Å². The molecule has 0 radical (unpaired) electrons. The summed E-state index contributed by atoms with van der Waals surface area (Å²) in [5, 5.41) is 9.05. The number of ketones is 1. The number of nitrogens with two attached hydrogens (primary N) is 1. The predicted octanol–water partition coefficient (Wildman–Crippen LogP) is 5.04. The average Bonchev–Trinajstić information content (AvgIpc) is 3.09. The number of nitrogens with one attached hydrogen (secondary N) is 1. The second-order valence-electron chi connectivity index (χ2n) is 11.8. The highest BCUT2D eigenvalue weighted by Gasteiger charge is 2.62. The minimum atomic E-state index is 0.107. The van der Waals surface area contributed by atoms with Crippen molar-refractivity contribution >= 4 is 11.6 Å². The Hall–Kier alpha value is -0.940. The molecule has 8 atom stereocenters. The summed E-state index contributed by atoms with van der Waals surface area (Å²) < 4.78 is 6.19. The zero-order chi connectivity index (χ0) is 22.4. The summed E-state index contributed by atoms with van der Waals surface area (Å²) in [6, 6.07) is 0. The molecule has 0 heterocycles. The monoisotopic (exact) mass is 431 g/mol. The average molecular weight is 432 g/mol. The number of fused-ring (bicyclic) bond motifs is 5. The van der Waals surface area contributed by atoms with E-state index in [2.05, 4.69) is 20.8 Å². The summed E-state index contributed by atoms with van der Waals surface area (Å²) in [7, 11) is 0. The smallest absolute Gasteiger partial charge is 0.157 e. The number of carbonyl (C=O) groups excluding carboxylic acids is 1. The molecular formula is C26H45N3O2. The summed E-state index contributed by atoms with van der Waals surface area (Å²) in [6.45, 7) is 10.6. The molecule has 0 saturated heterocycles. The predicted molar refractivity (Wildman–Crippen MR) is 125 cm³/mol. The van der Waals surface area contributed by atoms with Gasteiger partial charge in [-0.15, -0.1) is 0 Å². The molecule has 0 aromatic heterocycles. The molecule has 4 rings (SSSR count). The second kappa shape index (κ2) is 8.78. The van der Waals surface area contributed by atoms with Gasteiger partial charge in [0.1, 0.15) is 5.84 Å². The molecule has 176 valence electrons. The number of carbonyl (C=O) groups is 1. The minimum Gasteiger partial charge on any atom is -0.381 e. The van der Waals surface area contributed by atoms with E-state index in [0.717, 1.165) is 43.3 Å². The van der Waals surface area contributed by atoms with Crippen LogP contribution in [0.25, 0.3) is 0 Å². The third-order valence-electron chi connectivity index (χ3n) is 10.3. The number of Topliss-reactive ketones (excluding diaryl/α,β-unsaturated/α-hetero) is 1. The highest BCUT2D eigenvalue weighted by molar-refractivity contribution is 5.88. The molecule has 0 spiro atoms. The summed E-state index contributed by atoms with van der Waals surface area (Å²) in [5.74, 6) is 10.4. The van der Waals surface area contributed by atoms with Crippen molar-refractivity contribution in [1.82, 2.24) is 5.01 Å². The Morgan fingerprint density at radius 2 is 1.90 bits per heavy atom. The van der Waals surface area contributed by atoms with Crippen molar-refractivity contribution in [2.45, 2.75) is 85.5 Å². The largest absolute Gasteiger partial charge is 0.381 e. The normalized spacial score (nSPS) is 44.2. The topological polar surface area (TPSA) is 79.4 Å². The van der Waals surface area contributed by atoms with Gasteiger partial charge >= 0.3 is 0 Å². The Balaban J connectivity index is 1.55. The van der Waals surface area contributed by atoms with Crippen LogP contribution in [-0.4, -0.2) is 36.4 Å². The van der Waals surface area contributed by atoms with Crippen LogP contribution in [0.2, 0.25) is 0 Å². The summed E-state index contributed by atoms with van der Waals surface area (Å²) in [5.41, 5.74) is 0.483. The SMILES string of the molecule is CCOCC12CCC(C)CC1CCC1C3CCC(C(=O)CN(N)C(C)=N)C3(C)CCC12. The van der Waals surface area contributed by atoms with Gasteiger partial charge in [-0.3, -0.25) is 15.2 Å². The third-order valence-corrected chi connectivity index (χ3v) is 10.3. The Labute approximate surface area is 189 Å². The van der Waals surface area contributed by atoms with Crippen LogP contribution in [-0.2, 0) is 9.53 Å². The maximum absolute atomic E-state index is 13.2. The van der Waals surface area contributed by atoms with E-state index in [9.17, 15) is 4.79 Å². The number of hydrogen-bond donors (Lipinski definition) is 2. The highest BCUT2D eigenvalue weighted by atomic mass is 16.5. The third kappa shape index (κ3) is 3.88. The molecule has 8 unspecified atom stereocenters. The van der Waals surface area contributed by atoms with E-state index in [1.807, 2.05) is 0 Å². The second-order valence-corrected chi connectivity index (χ2v) is 11.8. The molecule has 0 aliphatic heterocycles. The Morgan fingerprint density at radius 3 is 2.61 bits per heavy atom. The lowest BCUT2D eigenvalue weighted by molar-refractivity contribution is -0.157. The number of nitrogens with zero attached hydrogens (tertiary/aromatic N) is 1. The van der Waals surface area contributed by atoms with Crippen molar-refractivity contribution in [3.8, 4) is 0 Å². The van der Waals surface area contributed by atoms with Crippen LogP contribution in [0.4, 0.5) is 0 Å². The molecule has 4 saturated carbocycles. The van der Waals surface area contributed by atoms with Crippen LogP contribution in [0.15, 0.2) is 0 Å². The van der Waals surface area contributed by atoms with E-state index in [1.54, 1.807) is 6.92 Å². The maximum Gasteiger partial charge on any atom is 0.157 e. The van der Waals surface area contributed by atoms with Crippen molar-refractivity contribution in [2.24, 2.45) is 52.2 Å². The fourth-order valence-corrected chi connectivity index (χ4v) is 8.76. The lowest BCUT2D eigenvalue weighted by Crippen LogP contribution is -2.57. The number of rotatable bonds is 6. The highest BCUT2D eigenvalue weighted by Crippen LogP contribution is 2.68. The molecule has 3 N–H and O–H groups in total. The van der Waals surface area contributed by atoms with Gasteiger partial charge in [-0.25, -0.2) is 5.84 Å². The quantitative estimate of drug-likeness (QED) is 0.267. The first kappa shape index (κ1) is 23.2. The first-order valence-electron chi connectivity index (χ1n) is 12.9. The Bertz CT molecular complexity index is 692. The molecule has 4 aliphatic carbocycles. The summed E-state index contributed by atoms with van der Waals surface area (Å²) >= 11 is 0. The van der Waals surface area contributed by atoms with Gasteiger partial charge in [0.05, 0.1) is 13.2 Å². The van der Waals surface area contributed by atoms with Crippen molar-refractivity contribution in [1.29, 1.82) is 5.41 Å². The van der Waals surface area contributed by atoms with Gasteiger partial charge < -0.3 is 4.74 Å². The summed E-state index contributed by atoms with van der Waals surface area (Å²) in [6.07, 6.45) is 11.4. The molecule has 31 heavy (non-hydrogen) atoms. The van der Waals surface area contributed by atoms with Crippen LogP contribution in [0.1, 0.15) is 85.5 Å². The fourth-order valence-electron chi connectivity index (χ4n) is 8.76. The van der Waals surface area contributed by atoms with E-state index in [1.165, 1.54) is 56.4 Å². The lowest BCUT2D eigenvalue weighted by Gasteiger charge is -2.62. The van der Waals surface area contributed by atoms with Crippen molar-refractivity contribution in [3.05, 3.63) is 0 Å². The molecule has 5 heteroatoms.